The van der Waals surface area contributed by atoms with Gasteiger partial charge in [-0.05, 0) is 53.4 Å². The minimum atomic E-state index is -0.476. The number of ether oxygens (including phenoxy) is 1. The molecule has 1 saturated heterocycles. The van der Waals surface area contributed by atoms with Crippen molar-refractivity contribution in [2.45, 2.75) is 38.1 Å². The van der Waals surface area contributed by atoms with Crippen molar-refractivity contribution >= 4 is 22.8 Å². The lowest BCUT2D eigenvalue weighted by atomic mass is 9.77. The van der Waals surface area contributed by atoms with E-state index in [1.807, 2.05) is 24.3 Å². The van der Waals surface area contributed by atoms with E-state index in [4.69, 9.17) is 16.3 Å². The average Bonchev–Trinajstić information content (AvgIpc) is 2.68. The van der Waals surface area contributed by atoms with E-state index >= 15 is 0 Å². The molecular weight excluding hydrogens is 381 g/mol. The highest BCUT2D eigenvalue weighted by atomic mass is 35.5. The summed E-state index contributed by atoms with van der Waals surface area (Å²) in [4.78, 5) is 25.6. The van der Waals surface area contributed by atoms with Crippen LogP contribution in [-0.4, -0.2) is 29.2 Å². The van der Waals surface area contributed by atoms with Gasteiger partial charge in [-0.1, -0.05) is 37.6 Å². The number of likely N-dealkylation sites (tertiary alicyclic amines) is 1. The number of amides is 1. The van der Waals surface area contributed by atoms with Crippen LogP contribution in [0.1, 0.15) is 49.3 Å². The van der Waals surface area contributed by atoms with Gasteiger partial charge in [0.15, 0.2) is 0 Å². The van der Waals surface area contributed by atoms with Crippen LogP contribution in [0.3, 0.4) is 0 Å². The number of carbonyl (C=O) groups is 2. The third-order valence-electron chi connectivity index (χ3n) is 4.97. The summed E-state index contributed by atoms with van der Waals surface area (Å²) < 4.78 is 19.0. The van der Waals surface area contributed by atoms with Gasteiger partial charge in [0.05, 0.1) is 18.6 Å². The Morgan fingerprint density at radius 1 is 1.11 bits per heavy atom. The quantitative estimate of drug-likeness (QED) is 0.342. The van der Waals surface area contributed by atoms with E-state index in [9.17, 15) is 14.0 Å². The molecule has 0 radical (unpaired) electrons. The molecule has 0 spiro atoms. The fraction of sp³-hybridized carbons (Fsp3) is 0.364. The zero-order valence-electron chi connectivity index (χ0n) is 15.7. The highest BCUT2D eigenvalue weighted by molar-refractivity contribution is 6.63. The van der Waals surface area contributed by atoms with Gasteiger partial charge in [0, 0.05) is 13.0 Å². The Morgan fingerprint density at radius 2 is 1.75 bits per heavy atom. The standard InChI is InChI=1S/C22H23ClFNO3/c1-2-3-14-28-18-10-6-16(7-11-18)21-20(15-4-8-17(24)9-5-15)22(27)25(21)13-12-19(23)26/h4-11,20-21H,2-3,12-14H2,1H3. The van der Waals surface area contributed by atoms with Crippen molar-refractivity contribution < 1.29 is 18.7 Å². The smallest absolute Gasteiger partial charge is 0.233 e. The van der Waals surface area contributed by atoms with Crippen LogP contribution in [0.5, 0.6) is 5.75 Å². The summed E-state index contributed by atoms with van der Waals surface area (Å²) in [7, 11) is 0. The van der Waals surface area contributed by atoms with Crippen molar-refractivity contribution in [3.05, 3.63) is 65.5 Å². The fourth-order valence-corrected chi connectivity index (χ4v) is 3.55. The molecule has 1 aliphatic heterocycles. The highest BCUT2D eigenvalue weighted by Gasteiger charge is 2.48. The van der Waals surface area contributed by atoms with Crippen molar-refractivity contribution in [2.75, 3.05) is 13.2 Å². The second-order valence-electron chi connectivity index (χ2n) is 6.88. The summed E-state index contributed by atoms with van der Waals surface area (Å²) in [5, 5.41) is -0.476. The Morgan fingerprint density at radius 3 is 2.36 bits per heavy atom. The van der Waals surface area contributed by atoms with Crippen LogP contribution in [0.4, 0.5) is 4.39 Å². The molecule has 1 fully saturated rings. The average molecular weight is 404 g/mol. The number of carbonyl (C=O) groups excluding carboxylic acids is 2. The predicted octanol–water partition coefficient (Wildman–Crippen LogP) is 4.83. The minimum absolute atomic E-state index is 0.0854. The zero-order valence-corrected chi connectivity index (χ0v) is 16.5. The minimum Gasteiger partial charge on any atom is -0.494 e. The normalized spacial score (nSPS) is 18.7. The van der Waals surface area contributed by atoms with E-state index in [1.165, 1.54) is 12.1 Å². The zero-order chi connectivity index (χ0) is 20.1. The Hall–Kier alpha value is -2.40. The molecule has 28 heavy (non-hydrogen) atoms. The first-order valence-corrected chi connectivity index (χ1v) is 9.86. The summed E-state index contributed by atoms with van der Waals surface area (Å²) in [6.45, 7) is 3.04. The van der Waals surface area contributed by atoms with Crippen LogP contribution in [0.2, 0.25) is 0 Å². The second kappa shape index (κ2) is 9.20. The fourth-order valence-electron chi connectivity index (χ4n) is 3.47. The van der Waals surface area contributed by atoms with E-state index in [0.29, 0.717) is 6.61 Å². The first-order valence-electron chi connectivity index (χ1n) is 9.48. The summed E-state index contributed by atoms with van der Waals surface area (Å²) in [5.74, 6) is -0.0513. The summed E-state index contributed by atoms with van der Waals surface area (Å²) >= 11 is 5.46. The van der Waals surface area contributed by atoms with Gasteiger partial charge < -0.3 is 9.64 Å². The van der Waals surface area contributed by atoms with Crippen LogP contribution >= 0.6 is 11.6 Å². The van der Waals surface area contributed by atoms with Gasteiger partial charge in [-0.15, -0.1) is 0 Å². The topological polar surface area (TPSA) is 46.6 Å². The maximum atomic E-state index is 13.3. The molecule has 6 heteroatoms. The number of halogens is 2. The predicted molar refractivity (Wildman–Crippen MR) is 106 cm³/mol. The Labute approximate surface area is 169 Å². The third kappa shape index (κ3) is 4.53. The molecule has 2 unspecified atom stereocenters. The molecule has 0 saturated carbocycles. The summed E-state index contributed by atoms with van der Waals surface area (Å²) in [6.07, 6.45) is 2.15. The summed E-state index contributed by atoms with van der Waals surface area (Å²) in [6, 6.07) is 13.4. The van der Waals surface area contributed by atoms with Crippen molar-refractivity contribution in [2.24, 2.45) is 0 Å². The van der Waals surface area contributed by atoms with E-state index < -0.39 is 11.2 Å². The van der Waals surface area contributed by atoms with Crippen LogP contribution in [0.25, 0.3) is 0 Å². The molecule has 0 bridgehead atoms. The van der Waals surface area contributed by atoms with Crippen molar-refractivity contribution in [1.82, 2.24) is 4.90 Å². The van der Waals surface area contributed by atoms with Crippen LogP contribution in [-0.2, 0) is 9.59 Å². The van der Waals surface area contributed by atoms with Crippen LogP contribution < -0.4 is 4.74 Å². The number of rotatable bonds is 9. The molecule has 1 heterocycles. The summed E-state index contributed by atoms with van der Waals surface area (Å²) in [5.41, 5.74) is 1.70. The van der Waals surface area contributed by atoms with Gasteiger partial charge in [0.2, 0.25) is 11.1 Å². The molecule has 148 valence electrons. The van der Waals surface area contributed by atoms with Gasteiger partial charge in [-0.3, -0.25) is 9.59 Å². The molecular formula is C22H23ClFNO3. The monoisotopic (exact) mass is 403 g/mol. The lowest BCUT2D eigenvalue weighted by Gasteiger charge is -2.47. The number of β-lactam (4-membered cyclic amide) rings is 1. The molecule has 1 aliphatic rings. The largest absolute Gasteiger partial charge is 0.494 e. The number of unbranched alkanes of at least 4 members (excludes halogenated alkanes) is 1. The second-order valence-corrected chi connectivity index (χ2v) is 7.30. The third-order valence-corrected chi connectivity index (χ3v) is 5.16. The van der Waals surface area contributed by atoms with Gasteiger partial charge in [0.1, 0.15) is 11.6 Å². The molecule has 1 amide bonds. The lowest BCUT2D eigenvalue weighted by molar-refractivity contribution is -0.150. The first kappa shape index (κ1) is 20.3. The highest BCUT2D eigenvalue weighted by Crippen LogP contribution is 2.46. The Kier molecular flexibility index (Phi) is 6.68. The van der Waals surface area contributed by atoms with Crippen molar-refractivity contribution in [1.29, 1.82) is 0 Å². The van der Waals surface area contributed by atoms with Crippen LogP contribution in [0, 0.1) is 5.82 Å². The maximum absolute atomic E-state index is 13.3. The van der Waals surface area contributed by atoms with Gasteiger partial charge in [-0.25, -0.2) is 4.39 Å². The Bertz CT molecular complexity index is 823. The number of hydrogen-bond donors (Lipinski definition) is 0. The Balaban J connectivity index is 1.82. The molecule has 4 nitrogen and oxygen atoms in total. The van der Waals surface area contributed by atoms with Crippen molar-refractivity contribution in [3.8, 4) is 5.75 Å². The number of nitrogens with zero attached hydrogens (tertiary/aromatic N) is 1. The van der Waals surface area contributed by atoms with E-state index in [-0.39, 0.29) is 30.7 Å². The molecule has 2 aromatic carbocycles. The van der Waals surface area contributed by atoms with E-state index in [2.05, 4.69) is 6.92 Å². The van der Waals surface area contributed by atoms with Gasteiger partial charge >= 0.3 is 0 Å². The molecule has 0 N–H and O–H groups in total. The SMILES string of the molecule is CCCCOc1ccc(C2C(c3ccc(F)cc3)C(=O)N2CCC(=O)Cl)cc1. The first-order chi connectivity index (χ1) is 13.5. The number of hydrogen-bond acceptors (Lipinski definition) is 3. The molecule has 2 atom stereocenters. The molecule has 0 aliphatic carbocycles. The number of benzene rings is 2. The van der Waals surface area contributed by atoms with Gasteiger partial charge in [-0.2, -0.15) is 0 Å². The molecule has 3 rings (SSSR count). The van der Waals surface area contributed by atoms with E-state index in [0.717, 1.165) is 29.7 Å². The van der Waals surface area contributed by atoms with Crippen LogP contribution in [0.15, 0.2) is 48.5 Å². The molecule has 0 aromatic heterocycles. The molecule has 2 aromatic rings. The van der Waals surface area contributed by atoms with Crippen molar-refractivity contribution in [3.63, 3.8) is 0 Å². The lowest BCUT2D eigenvalue weighted by Crippen LogP contribution is -2.53. The van der Waals surface area contributed by atoms with E-state index in [1.54, 1.807) is 17.0 Å². The van der Waals surface area contributed by atoms with Gasteiger partial charge in [0.25, 0.3) is 0 Å². The maximum Gasteiger partial charge on any atom is 0.233 e.